The average molecular weight is 269 g/mol. The van der Waals surface area contributed by atoms with Gasteiger partial charge in [-0.25, -0.2) is 4.39 Å². The van der Waals surface area contributed by atoms with E-state index in [2.05, 4.69) is 5.32 Å². The van der Waals surface area contributed by atoms with Crippen LogP contribution in [0.3, 0.4) is 0 Å². The standard InChI is InChI=1S/C13H16FNO4/c1-13(19,7-12(17)18)8-15-11(16)6-9-3-2-4-10(14)5-9/h2-5,19H,6-8H2,1H3,(H,15,16)(H,17,18). The maximum Gasteiger partial charge on any atom is 0.306 e. The average Bonchev–Trinajstić information content (AvgIpc) is 2.25. The number of aliphatic hydroxyl groups is 1. The Morgan fingerprint density at radius 1 is 1.42 bits per heavy atom. The minimum absolute atomic E-state index is 0.0269. The van der Waals surface area contributed by atoms with Crippen LogP contribution in [0.4, 0.5) is 4.39 Å². The first-order valence-electron chi connectivity index (χ1n) is 5.74. The van der Waals surface area contributed by atoms with Crippen molar-refractivity contribution >= 4 is 11.9 Å². The quantitative estimate of drug-likeness (QED) is 0.710. The zero-order valence-corrected chi connectivity index (χ0v) is 10.5. The molecule has 0 aliphatic rings. The molecule has 0 aromatic heterocycles. The number of rotatable bonds is 6. The smallest absolute Gasteiger partial charge is 0.306 e. The molecule has 0 aliphatic heterocycles. The van der Waals surface area contributed by atoms with E-state index in [1.54, 1.807) is 6.07 Å². The van der Waals surface area contributed by atoms with Gasteiger partial charge in [-0.2, -0.15) is 0 Å². The molecule has 19 heavy (non-hydrogen) atoms. The molecule has 1 amide bonds. The van der Waals surface area contributed by atoms with E-state index in [4.69, 9.17) is 5.11 Å². The largest absolute Gasteiger partial charge is 0.481 e. The Morgan fingerprint density at radius 3 is 2.68 bits per heavy atom. The van der Waals surface area contributed by atoms with Crippen LogP contribution in [0.5, 0.6) is 0 Å². The summed E-state index contributed by atoms with van der Waals surface area (Å²) in [6.07, 6.45) is -0.492. The van der Waals surface area contributed by atoms with E-state index in [1.807, 2.05) is 0 Å². The Kier molecular flexibility index (Phi) is 5.00. The van der Waals surface area contributed by atoms with Gasteiger partial charge in [0.15, 0.2) is 0 Å². The van der Waals surface area contributed by atoms with Gasteiger partial charge in [-0.3, -0.25) is 9.59 Å². The van der Waals surface area contributed by atoms with Crippen LogP contribution >= 0.6 is 0 Å². The molecule has 1 rings (SSSR count). The number of carbonyl (C=O) groups excluding carboxylic acids is 1. The van der Waals surface area contributed by atoms with Gasteiger partial charge in [0, 0.05) is 6.54 Å². The molecule has 0 fully saturated rings. The lowest BCUT2D eigenvalue weighted by Gasteiger charge is -2.21. The molecule has 0 aliphatic carbocycles. The lowest BCUT2D eigenvalue weighted by molar-refractivity contribution is -0.142. The summed E-state index contributed by atoms with van der Waals surface area (Å²) < 4.78 is 12.9. The van der Waals surface area contributed by atoms with Crippen molar-refractivity contribution in [2.45, 2.75) is 25.4 Å². The van der Waals surface area contributed by atoms with Crippen molar-refractivity contribution in [1.29, 1.82) is 0 Å². The second-order valence-electron chi connectivity index (χ2n) is 4.65. The number of carboxylic acid groups (broad SMARTS) is 1. The third kappa shape index (κ3) is 5.96. The molecular formula is C13H16FNO4. The van der Waals surface area contributed by atoms with E-state index in [0.29, 0.717) is 5.56 Å². The summed E-state index contributed by atoms with van der Waals surface area (Å²) in [7, 11) is 0. The summed E-state index contributed by atoms with van der Waals surface area (Å²) in [4.78, 5) is 22.0. The Balaban J connectivity index is 2.46. The predicted octanol–water partition coefficient (Wildman–Crippen LogP) is 0.710. The molecule has 0 heterocycles. The molecule has 0 radical (unpaired) electrons. The number of amides is 1. The number of aliphatic carboxylic acids is 1. The molecule has 0 saturated heterocycles. The molecule has 1 aromatic carbocycles. The zero-order valence-electron chi connectivity index (χ0n) is 10.5. The van der Waals surface area contributed by atoms with Crippen LogP contribution in [0.1, 0.15) is 18.9 Å². The third-order valence-corrected chi connectivity index (χ3v) is 2.45. The Bertz CT molecular complexity index is 473. The molecule has 0 saturated carbocycles. The summed E-state index contributed by atoms with van der Waals surface area (Å²) >= 11 is 0. The minimum Gasteiger partial charge on any atom is -0.481 e. The predicted molar refractivity (Wildman–Crippen MR) is 66.0 cm³/mol. The number of halogens is 1. The van der Waals surface area contributed by atoms with Crippen LogP contribution in [0, 0.1) is 5.82 Å². The fourth-order valence-corrected chi connectivity index (χ4v) is 1.57. The van der Waals surface area contributed by atoms with Gasteiger partial charge in [-0.1, -0.05) is 12.1 Å². The van der Waals surface area contributed by atoms with Crippen molar-refractivity contribution < 1.29 is 24.2 Å². The molecule has 1 aromatic rings. The van der Waals surface area contributed by atoms with Gasteiger partial charge in [0.25, 0.3) is 0 Å². The number of hydrogen-bond acceptors (Lipinski definition) is 3. The van der Waals surface area contributed by atoms with Gasteiger partial charge >= 0.3 is 5.97 Å². The molecular weight excluding hydrogens is 253 g/mol. The van der Waals surface area contributed by atoms with Crippen molar-refractivity contribution in [2.75, 3.05) is 6.54 Å². The van der Waals surface area contributed by atoms with E-state index in [1.165, 1.54) is 25.1 Å². The van der Waals surface area contributed by atoms with Crippen molar-refractivity contribution in [1.82, 2.24) is 5.32 Å². The highest BCUT2D eigenvalue weighted by Gasteiger charge is 2.24. The minimum atomic E-state index is -1.51. The highest BCUT2D eigenvalue weighted by molar-refractivity contribution is 5.78. The molecule has 1 unspecified atom stereocenters. The fourth-order valence-electron chi connectivity index (χ4n) is 1.57. The van der Waals surface area contributed by atoms with Crippen molar-refractivity contribution in [3.8, 4) is 0 Å². The van der Waals surface area contributed by atoms with E-state index in [9.17, 15) is 19.1 Å². The summed E-state index contributed by atoms with van der Waals surface area (Å²) in [5, 5.41) is 20.7. The van der Waals surface area contributed by atoms with E-state index >= 15 is 0 Å². The summed E-state index contributed by atoms with van der Waals surface area (Å²) in [6, 6.07) is 5.63. The van der Waals surface area contributed by atoms with Crippen molar-refractivity contribution in [3.05, 3.63) is 35.6 Å². The van der Waals surface area contributed by atoms with Crippen LogP contribution in [-0.2, 0) is 16.0 Å². The van der Waals surface area contributed by atoms with Crippen LogP contribution in [0.2, 0.25) is 0 Å². The third-order valence-electron chi connectivity index (χ3n) is 2.45. The summed E-state index contributed by atoms with van der Waals surface area (Å²) in [5.74, 6) is -1.98. The first-order chi connectivity index (χ1) is 8.78. The Labute approximate surface area is 110 Å². The van der Waals surface area contributed by atoms with Crippen LogP contribution in [0.15, 0.2) is 24.3 Å². The molecule has 6 heteroatoms. The van der Waals surface area contributed by atoms with Crippen LogP contribution in [-0.4, -0.2) is 34.2 Å². The molecule has 0 spiro atoms. The monoisotopic (exact) mass is 269 g/mol. The molecule has 5 nitrogen and oxygen atoms in total. The summed E-state index contributed by atoms with van der Waals surface area (Å²) in [5.41, 5.74) is -1.00. The topological polar surface area (TPSA) is 86.6 Å². The van der Waals surface area contributed by atoms with Gasteiger partial charge in [0.2, 0.25) is 5.91 Å². The van der Waals surface area contributed by atoms with Gasteiger partial charge in [-0.05, 0) is 24.6 Å². The van der Waals surface area contributed by atoms with Gasteiger partial charge in [0.05, 0.1) is 18.4 Å². The normalized spacial score (nSPS) is 13.6. The molecule has 1 atom stereocenters. The first kappa shape index (κ1) is 15.1. The zero-order chi connectivity index (χ0) is 14.5. The maximum atomic E-state index is 12.9. The van der Waals surface area contributed by atoms with Crippen LogP contribution < -0.4 is 5.32 Å². The van der Waals surface area contributed by atoms with E-state index in [-0.39, 0.29) is 13.0 Å². The second kappa shape index (κ2) is 6.29. The second-order valence-corrected chi connectivity index (χ2v) is 4.65. The van der Waals surface area contributed by atoms with Crippen molar-refractivity contribution in [2.24, 2.45) is 0 Å². The number of benzene rings is 1. The lowest BCUT2D eigenvalue weighted by Crippen LogP contribution is -2.42. The highest BCUT2D eigenvalue weighted by atomic mass is 19.1. The van der Waals surface area contributed by atoms with E-state index in [0.717, 1.165) is 0 Å². The maximum absolute atomic E-state index is 12.9. The Hall–Kier alpha value is -1.95. The highest BCUT2D eigenvalue weighted by Crippen LogP contribution is 2.08. The summed E-state index contributed by atoms with van der Waals surface area (Å²) in [6.45, 7) is 1.15. The Morgan fingerprint density at radius 2 is 2.11 bits per heavy atom. The number of carboxylic acids is 1. The number of carbonyl (C=O) groups is 2. The number of hydrogen-bond donors (Lipinski definition) is 3. The van der Waals surface area contributed by atoms with Gasteiger partial charge < -0.3 is 15.5 Å². The molecule has 0 bridgehead atoms. The SMILES string of the molecule is CC(O)(CNC(=O)Cc1cccc(F)c1)CC(=O)O. The number of nitrogens with one attached hydrogen (secondary N) is 1. The molecule has 3 N–H and O–H groups in total. The van der Waals surface area contributed by atoms with Gasteiger partial charge in [-0.15, -0.1) is 0 Å². The van der Waals surface area contributed by atoms with E-state index < -0.39 is 29.7 Å². The fraction of sp³-hybridized carbons (Fsp3) is 0.385. The molecule has 104 valence electrons. The van der Waals surface area contributed by atoms with Gasteiger partial charge in [0.1, 0.15) is 5.82 Å². The lowest BCUT2D eigenvalue weighted by atomic mass is 10.0. The van der Waals surface area contributed by atoms with Crippen molar-refractivity contribution in [3.63, 3.8) is 0 Å². The van der Waals surface area contributed by atoms with Crippen LogP contribution in [0.25, 0.3) is 0 Å². The first-order valence-corrected chi connectivity index (χ1v) is 5.74.